The van der Waals surface area contributed by atoms with E-state index in [2.05, 4.69) is 22.9 Å². The molecule has 1 saturated heterocycles. The molecule has 20 heavy (non-hydrogen) atoms. The molecule has 0 spiro atoms. The van der Waals surface area contributed by atoms with E-state index in [1.807, 2.05) is 6.92 Å². The van der Waals surface area contributed by atoms with Crippen LogP contribution in [-0.2, 0) is 10.0 Å². The van der Waals surface area contributed by atoms with Gasteiger partial charge in [-0.15, -0.1) is 0 Å². The van der Waals surface area contributed by atoms with Crippen molar-refractivity contribution in [1.29, 1.82) is 0 Å². The molecule has 2 rings (SSSR count). The lowest BCUT2D eigenvalue weighted by atomic mass is 10.0. The maximum atomic E-state index is 12.8. The molecular weight excluding hydrogens is 342 g/mol. The van der Waals surface area contributed by atoms with Gasteiger partial charge in [0.2, 0.25) is 10.0 Å². The topological polar surface area (TPSA) is 46.6 Å². The lowest BCUT2D eigenvalue weighted by molar-refractivity contribution is 0.278. The molecule has 0 bridgehead atoms. The van der Waals surface area contributed by atoms with Crippen LogP contribution >= 0.6 is 15.9 Å². The average Bonchev–Trinajstić information content (AvgIpc) is 2.41. The van der Waals surface area contributed by atoms with Crippen molar-refractivity contribution in [3.05, 3.63) is 22.7 Å². The van der Waals surface area contributed by atoms with Crippen LogP contribution in [0, 0.1) is 5.92 Å². The van der Waals surface area contributed by atoms with Crippen LogP contribution in [0.5, 0.6) is 5.75 Å². The Balaban J connectivity index is 2.40. The number of hydrogen-bond donors (Lipinski definition) is 0. The zero-order valence-corrected chi connectivity index (χ0v) is 14.2. The van der Waals surface area contributed by atoms with Crippen molar-refractivity contribution < 1.29 is 13.2 Å². The minimum absolute atomic E-state index is 0.253. The summed E-state index contributed by atoms with van der Waals surface area (Å²) in [4.78, 5) is 0.253. The Labute approximate surface area is 129 Å². The van der Waals surface area contributed by atoms with Crippen LogP contribution in [0.1, 0.15) is 26.7 Å². The third kappa shape index (κ3) is 3.35. The number of halogens is 1. The van der Waals surface area contributed by atoms with Crippen LogP contribution in [0.4, 0.5) is 0 Å². The number of ether oxygens (including phenoxy) is 1. The van der Waals surface area contributed by atoms with Gasteiger partial charge in [0.15, 0.2) is 0 Å². The lowest BCUT2D eigenvalue weighted by Gasteiger charge is -2.30. The van der Waals surface area contributed by atoms with Crippen LogP contribution in [0.2, 0.25) is 0 Å². The van der Waals surface area contributed by atoms with Crippen molar-refractivity contribution in [2.75, 3.05) is 19.7 Å². The Hall–Kier alpha value is -0.590. The Morgan fingerprint density at radius 1 is 1.45 bits per heavy atom. The molecule has 6 heteroatoms. The molecule has 1 atom stereocenters. The fourth-order valence-corrected chi connectivity index (χ4v) is 4.73. The van der Waals surface area contributed by atoms with E-state index in [4.69, 9.17) is 4.74 Å². The third-order valence-electron chi connectivity index (χ3n) is 3.44. The molecule has 1 aromatic rings. The highest BCUT2D eigenvalue weighted by molar-refractivity contribution is 9.10. The highest BCUT2D eigenvalue weighted by Crippen LogP contribution is 2.32. The van der Waals surface area contributed by atoms with E-state index in [1.54, 1.807) is 22.5 Å². The summed E-state index contributed by atoms with van der Waals surface area (Å²) in [5.74, 6) is 0.829. The number of hydrogen-bond acceptors (Lipinski definition) is 3. The SMILES string of the molecule is CCOc1ccc(Br)cc1S(=O)(=O)N1CCC[C@H](C)C1. The van der Waals surface area contributed by atoms with Gasteiger partial charge in [-0.2, -0.15) is 4.31 Å². The van der Waals surface area contributed by atoms with E-state index in [9.17, 15) is 8.42 Å². The van der Waals surface area contributed by atoms with Gasteiger partial charge in [-0.05, 0) is 43.9 Å². The van der Waals surface area contributed by atoms with Crippen molar-refractivity contribution >= 4 is 26.0 Å². The first kappa shape index (κ1) is 15.8. The molecule has 112 valence electrons. The summed E-state index contributed by atoms with van der Waals surface area (Å²) in [6, 6.07) is 5.12. The monoisotopic (exact) mass is 361 g/mol. The fraction of sp³-hybridized carbons (Fsp3) is 0.571. The maximum absolute atomic E-state index is 12.8. The van der Waals surface area contributed by atoms with Gasteiger partial charge in [0, 0.05) is 17.6 Å². The largest absolute Gasteiger partial charge is 0.492 e. The maximum Gasteiger partial charge on any atom is 0.246 e. The van der Waals surface area contributed by atoms with Crippen molar-refractivity contribution in [1.82, 2.24) is 4.31 Å². The molecule has 0 saturated carbocycles. The summed E-state index contributed by atoms with van der Waals surface area (Å²) < 4.78 is 33.4. The second-order valence-electron chi connectivity index (χ2n) is 5.13. The Bertz CT molecular complexity index is 574. The average molecular weight is 362 g/mol. The molecule has 4 nitrogen and oxygen atoms in total. The quantitative estimate of drug-likeness (QED) is 0.826. The van der Waals surface area contributed by atoms with Gasteiger partial charge in [-0.1, -0.05) is 22.9 Å². The third-order valence-corrected chi connectivity index (χ3v) is 5.82. The predicted octanol–water partition coefficient (Wildman–Crippen LogP) is 3.27. The first-order valence-corrected chi connectivity index (χ1v) is 9.11. The van der Waals surface area contributed by atoms with Crippen molar-refractivity contribution in [3.63, 3.8) is 0 Å². The molecule has 0 amide bonds. The van der Waals surface area contributed by atoms with Crippen LogP contribution in [0.25, 0.3) is 0 Å². The summed E-state index contributed by atoms with van der Waals surface area (Å²) >= 11 is 3.34. The number of benzene rings is 1. The molecular formula is C14H20BrNO3S. The fourth-order valence-electron chi connectivity index (χ4n) is 2.46. The normalized spacial score (nSPS) is 20.9. The summed E-state index contributed by atoms with van der Waals surface area (Å²) in [6.07, 6.45) is 2.00. The van der Waals surface area contributed by atoms with Crippen LogP contribution in [0.3, 0.4) is 0 Å². The smallest absolute Gasteiger partial charge is 0.246 e. The minimum Gasteiger partial charge on any atom is -0.492 e. The van der Waals surface area contributed by atoms with Gasteiger partial charge < -0.3 is 4.74 Å². The van der Waals surface area contributed by atoms with Gasteiger partial charge in [0.1, 0.15) is 10.6 Å². The summed E-state index contributed by atoms with van der Waals surface area (Å²) in [7, 11) is -3.49. The van der Waals surface area contributed by atoms with E-state index in [-0.39, 0.29) is 4.90 Å². The molecule has 1 aromatic carbocycles. The standard InChI is InChI=1S/C14H20BrNO3S/c1-3-19-13-7-6-12(15)9-14(13)20(17,18)16-8-4-5-11(2)10-16/h6-7,9,11H,3-5,8,10H2,1-2H3/t11-/m0/s1. The molecule has 0 aromatic heterocycles. The summed E-state index contributed by atoms with van der Waals surface area (Å²) in [5, 5.41) is 0. The second-order valence-corrected chi connectivity index (χ2v) is 7.96. The van der Waals surface area contributed by atoms with E-state index in [0.717, 1.165) is 17.3 Å². The molecule has 0 N–H and O–H groups in total. The molecule has 0 aliphatic carbocycles. The molecule has 1 aliphatic rings. The van der Waals surface area contributed by atoms with Gasteiger partial charge in [0.05, 0.1) is 6.61 Å². The Kier molecular flexibility index (Phi) is 5.09. The number of rotatable bonds is 4. The van der Waals surface area contributed by atoms with Crippen LogP contribution in [0.15, 0.2) is 27.6 Å². The molecule has 0 radical (unpaired) electrons. The van der Waals surface area contributed by atoms with Crippen molar-refractivity contribution in [2.45, 2.75) is 31.6 Å². The van der Waals surface area contributed by atoms with Gasteiger partial charge in [-0.25, -0.2) is 8.42 Å². The molecule has 1 heterocycles. The Morgan fingerprint density at radius 3 is 2.85 bits per heavy atom. The highest BCUT2D eigenvalue weighted by atomic mass is 79.9. The van der Waals surface area contributed by atoms with E-state index in [0.29, 0.717) is 31.4 Å². The number of nitrogens with zero attached hydrogens (tertiary/aromatic N) is 1. The predicted molar refractivity (Wildman–Crippen MR) is 82.5 cm³/mol. The van der Waals surface area contributed by atoms with Gasteiger partial charge >= 0.3 is 0 Å². The van der Waals surface area contributed by atoms with Crippen molar-refractivity contribution in [3.8, 4) is 5.75 Å². The van der Waals surface area contributed by atoms with Crippen molar-refractivity contribution in [2.24, 2.45) is 5.92 Å². The zero-order chi connectivity index (χ0) is 14.8. The van der Waals surface area contributed by atoms with E-state index < -0.39 is 10.0 Å². The Morgan fingerprint density at radius 2 is 2.20 bits per heavy atom. The molecule has 1 fully saturated rings. The van der Waals surface area contributed by atoms with Gasteiger partial charge in [-0.3, -0.25) is 0 Å². The van der Waals surface area contributed by atoms with Gasteiger partial charge in [0.25, 0.3) is 0 Å². The first-order chi connectivity index (χ1) is 9.45. The highest BCUT2D eigenvalue weighted by Gasteiger charge is 2.31. The van der Waals surface area contributed by atoms with Crippen LogP contribution < -0.4 is 4.74 Å². The lowest BCUT2D eigenvalue weighted by Crippen LogP contribution is -2.39. The first-order valence-electron chi connectivity index (χ1n) is 6.87. The second kappa shape index (κ2) is 6.45. The minimum atomic E-state index is -3.49. The molecule has 0 unspecified atom stereocenters. The number of sulfonamides is 1. The molecule has 1 aliphatic heterocycles. The summed E-state index contributed by atoms with van der Waals surface area (Å²) in [5.41, 5.74) is 0. The van der Waals surface area contributed by atoms with Crippen LogP contribution in [-0.4, -0.2) is 32.4 Å². The van der Waals surface area contributed by atoms with E-state index >= 15 is 0 Å². The van der Waals surface area contributed by atoms with E-state index in [1.165, 1.54) is 0 Å². The number of piperidine rings is 1. The summed E-state index contributed by atoms with van der Waals surface area (Å²) in [6.45, 7) is 5.55. The zero-order valence-electron chi connectivity index (χ0n) is 11.8.